The molecule has 0 aromatic carbocycles. The quantitative estimate of drug-likeness (QED) is 0.853. The van der Waals surface area contributed by atoms with Crippen LogP contribution in [0.25, 0.3) is 0 Å². The molecular formula is C15H19N3OS. The Morgan fingerprint density at radius 3 is 2.80 bits per heavy atom. The third-order valence-electron chi connectivity index (χ3n) is 3.59. The number of thiazole rings is 1. The maximum atomic E-state index is 12.2. The molecule has 106 valence electrons. The van der Waals surface area contributed by atoms with Gasteiger partial charge in [0.2, 0.25) is 0 Å². The summed E-state index contributed by atoms with van der Waals surface area (Å²) in [7, 11) is 0. The average Bonchev–Trinajstić information content (AvgIpc) is 2.90. The summed E-state index contributed by atoms with van der Waals surface area (Å²) >= 11 is 1.74. The van der Waals surface area contributed by atoms with E-state index >= 15 is 0 Å². The van der Waals surface area contributed by atoms with Gasteiger partial charge >= 0.3 is 0 Å². The number of aryl methyl sites for hydroxylation is 2. The highest BCUT2D eigenvalue weighted by atomic mass is 32.1. The molecule has 1 aliphatic carbocycles. The second-order valence-electron chi connectivity index (χ2n) is 6.32. The van der Waals surface area contributed by atoms with Crippen molar-refractivity contribution in [2.45, 2.75) is 52.0 Å². The monoisotopic (exact) mass is 289 g/mol. The van der Waals surface area contributed by atoms with Gasteiger partial charge in [0.15, 0.2) is 0 Å². The molecule has 3 rings (SSSR count). The van der Waals surface area contributed by atoms with Crippen molar-refractivity contribution in [3.05, 3.63) is 44.0 Å². The molecule has 0 amide bonds. The molecule has 0 atom stereocenters. The minimum atomic E-state index is -0.0966. The van der Waals surface area contributed by atoms with Crippen LogP contribution in [0.5, 0.6) is 0 Å². The van der Waals surface area contributed by atoms with Crippen LogP contribution in [0.1, 0.15) is 48.5 Å². The standard InChI is InChI=1S/C15H19N3OS/c1-15(2,3)12-7-14(19)18(9-16-12)8-13-17-10-5-4-6-11(10)20-13/h7,9H,4-6,8H2,1-3H3. The topological polar surface area (TPSA) is 47.8 Å². The van der Waals surface area contributed by atoms with Crippen molar-refractivity contribution < 1.29 is 0 Å². The summed E-state index contributed by atoms with van der Waals surface area (Å²) in [6.07, 6.45) is 5.09. The fourth-order valence-corrected chi connectivity index (χ4v) is 3.57. The van der Waals surface area contributed by atoms with Crippen LogP contribution in [0, 0.1) is 0 Å². The zero-order valence-electron chi connectivity index (χ0n) is 12.1. The molecule has 0 saturated heterocycles. The molecular weight excluding hydrogens is 270 g/mol. The van der Waals surface area contributed by atoms with E-state index in [1.165, 1.54) is 17.0 Å². The first-order chi connectivity index (χ1) is 9.43. The predicted octanol–water partition coefficient (Wildman–Crippen LogP) is 2.53. The van der Waals surface area contributed by atoms with Crippen molar-refractivity contribution in [1.29, 1.82) is 0 Å². The molecule has 0 fully saturated rings. The van der Waals surface area contributed by atoms with E-state index in [2.05, 4.69) is 30.7 Å². The van der Waals surface area contributed by atoms with Gasteiger partial charge < -0.3 is 0 Å². The minimum Gasteiger partial charge on any atom is -0.292 e. The smallest absolute Gasteiger partial charge is 0.253 e. The normalized spacial score (nSPS) is 14.6. The molecule has 1 aliphatic rings. The maximum Gasteiger partial charge on any atom is 0.253 e. The zero-order chi connectivity index (χ0) is 14.3. The van der Waals surface area contributed by atoms with Crippen LogP contribution in [-0.2, 0) is 24.8 Å². The summed E-state index contributed by atoms with van der Waals surface area (Å²) in [6.45, 7) is 6.72. The fraction of sp³-hybridized carbons (Fsp3) is 0.533. The lowest BCUT2D eigenvalue weighted by Gasteiger charge is -2.17. The molecule has 0 spiro atoms. The highest BCUT2D eigenvalue weighted by Gasteiger charge is 2.18. The Bertz CT molecular complexity index is 672. The van der Waals surface area contributed by atoms with Gasteiger partial charge in [-0.15, -0.1) is 11.3 Å². The average molecular weight is 289 g/mol. The second-order valence-corrected chi connectivity index (χ2v) is 7.49. The fourth-order valence-electron chi connectivity index (χ4n) is 2.41. The van der Waals surface area contributed by atoms with Gasteiger partial charge in [0.1, 0.15) is 5.01 Å². The van der Waals surface area contributed by atoms with Crippen LogP contribution in [0.4, 0.5) is 0 Å². The van der Waals surface area contributed by atoms with Crippen LogP contribution in [-0.4, -0.2) is 14.5 Å². The van der Waals surface area contributed by atoms with E-state index in [0.717, 1.165) is 23.5 Å². The molecule has 2 aromatic heterocycles. The molecule has 0 aliphatic heterocycles. The molecule has 5 heteroatoms. The Morgan fingerprint density at radius 1 is 1.35 bits per heavy atom. The van der Waals surface area contributed by atoms with E-state index in [9.17, 15) is 4.79 Å². The molecule has 2 heterocycles. The van der Waals surface area contributed by atoms with E-state index in [4.69, 9.17) is 0 Å². The highest BCUT2D eigenvalue weighted by molar-refractivity contribution is 7.11. The third-order valence-corrected chi connectivity index (χ3v) is 4.74. The molecule has 4 nitrogen and oxygen atoms in total. The Balaban J connectivity index is 1.86. The van der Waals surface area contributed by atoms with Crippen molar-refractivity contribution in [3.8, 4) is 0 Å². The summed E-state index contributed by atoms with van der Waals surface area (Å²) in [6, 6.07) is 1.64. The number of fused-ring (bicyclic) bond motifs is 1. The number of rotatable bonds is 2. The number of nitrogens with zero attached hydrogens (tertiary/aromatic N) is 3. The summed E-state index contributed by atoms with van der Waals surface area (Å²) in [5.41, 5.74) is 1.97. The van der Waals surface area contributed by atoms with E-state index < -0.39 is 0 Å². The Kier molecular flexibility index (Phi) is 3.24. The summed E-state index contributed by atoms with van der Waals surface area (Å²) in [5.74, 6) is 0. The predicted molar refractivity (Wildman–Crippen MR) is 80.4 cm³/mol. The van der Waals surface area contributed by atoms with Crippen LogP contribution >= 0.6 is 11.3 Å². The van der Waals surface area contributed by atoms with Gasteiger partial charge in [-0.05, 0) is 19.3 Å². The molecule has 0 saturated carbocycles. The molecule has 0 bridgehead atoms. The lowest BCUT2D eigenvalue weighted by molar-refractivity contribution is 0.557. The first kappa shape index (κ1) is 13.5. The Labute approximate surface area is 122 Å². The SMILES string of the molecule is CC(C)(C)c1cc(=O)n(Cc2nc3c(s2)CCC3)cn1. The first-order valence-corrected chi connectivity index (χ1v) is 7.79. The second kappa shape index (κ2) is 4.81. The Morgan fingerprint density at radius 2 is 2.15 bits per heavy atom. The Hall–Kier alpha value is -1.49. The van der Waals surface area contributed by atoms with Crippen LogP contribution in [0.15, 0.2) is 17.2 Å². The largest absolute Gasteiger partial charge is 0.292 e. The van der Waals surface area contributed by atoms with Crippen molar-refractivity contribution in [1.82, 2.24) is 14.5 Å². The zero-order valence-corrected chi connectivity index (χ0v) is 13.0. The van der Waals surface area contributed by atoms with Gasteiger partial charge in [-0.25, -0.2) is 9.97 Å². The van der Waals surface area contributed by atoms with Crippen LogP contribution < -0.4 is 5.56 Å². The van der Waals surface area contributed by atoms with Crippen LogP contribution in [0.2, 0.25) is 0 Å². The van der Waals surface area contributed by atoms with Crippen LogP contribution in [0.3, 0.4) is 0 Å². The van der Waals surface area contributed by atoms with Gasteiger partial charge in [-0.3, -0.25) is 9.36 Å². The van der Waals surface area contributed by atoms with Gasteiger partial charge in [0.05, 0.1) is 24.3 Å². The number of aromatic nitrogens is 3. The van der Waals surface area contributed by atoms with Gasteiger partial charge in [-0.2, -0.15) is 0 Å². The van der Waals surface area contributed by atoms with E-state index in [0.29, 0.717) is 6.54 Å². The summed E-state index contributed by atoms with van der Waals surface area (Å²) < 4.78 is 1.64. The lowest BCUT2D eigenvalue weighted by atomic mass is 9.92. The van der Waals surface area contributed by atoms with Crippen molar-refractivity contribution in [2.24, 2.45) is 0 Å². The molecule has 0 N–H and O–H groups in total. The van der Waals surface area contributed by atoms with Gasteiger partial charge in [0, 0.05) is 16.4 Å². The number of hydrogen-bond acceptors (Lipinski definition) is 4. The lowest BCUT2D eigenvalue weighted by Crippen LogP contribution is -2.25. The van der Waals surface area contributed by atoms with E-state index in [1.54, 1.807) is 28.3 Å². The molecule has 0 unspecified atom stereocenters. The van der Waals surface area contributed by atoms with Crippen molar-refractivity contribution >= 4 is 11.3 Å². The van der Waals surface area contributed by atoms with E-state index in [-0.39, 0.29) is 11.0 Å². The van der Waals surface area contributed by atoms with E-state index in [1.807, 2.05) is 0 Å². The molecule has 2 aromatic rings. The van der Waals surface area contributed by atoms with Gasteiger partial charge in [-0.1, -0.05) is 20.8 Å². The van der Waals surface area contributed by atoms with Crippen molar-refractivity contribution in [2.75, 3.05) is 0 Å². The minimum absolute atomic E-state index is 0.000263. The highest BCUT2D eigenvalue weighted by Crippen LogP contribution is 2.27. The molecule has 0 radical (unpaired) electrons. The summed E-state index contributed by atoms with van der Waals surface area (Å²) in [5, 5.41) is 1.02. The molecule has 20 heavy (non-hydrogen) atoms. The first-order valence-electron chi connectivity index (χ1n) is 6.98. The maximum absolute atomic E-state index is 12.2. The van der Waals surface area contributed by atoms with Gasteiger partial charge in [0.25, 0.3) is 5.56 Å². The van der Waals surface area contributed by atoms with Crippen molar-refractivity contribution in [3.63, 3.8) is 0 Å². The summed E-state index contributed by atoms with van der Waals surface area (Å²) in [4.78, 5) is 22.6. The third kappa shape index (κ3) is 2.54. The number of hydrogen-bond donors (Lipinski definition) is 0.